The van der Waals surface area contributed by atoms with E-state index in [9.17, 15) is 4.79 Å². The van der Waals surface area contributed by atoms with E-state index in [1.54, 1.807) is 6.20 Å². The quantitative estimate of drug-likeness (QED) is 0.892. The molecule has 0 bridgehead atoms. The van der Waals surface area contributed by atoms with E-state index in [1.807, 2.05) is 30.5 Å². The van der Waals surface area contributed by atoms with Crippen molar-refractivity contribution in [3.63, 3.8) is 0 Å². The van der Waals surface area contributed by atoms with E-state index in [4.69, 9.17) is 11.6 Å². The summed E-state index contributed by atoms with van der Waals surface area (Å²) < 4.78 is 0. The second kappa shape index (κ2) is 6.63. The van der Waals surface area contributed by atoms with Crippen LogP contribution in [0, 0.1) is 0 Å². The molecule has 1 aromatic carbocycles. The number of rotatable bonds is 5. The number of benzene rings is 1. The number of H-pyrrole nitrogens is 1. The summed E-state index contributed by atoms with van der Waals surface area (Å²) in [5, 5.41) is 3.50. The number of thioether (sulfide) groups is 1. The fraction of sp³-hybridized carbons (Fsp3) is 0.231. The third-order valence-corrected chi connectivity index (χ3v) is 3.31. The lowest BCUT2D eigenvalue weighted by Crippen LogP contribution is -2.24. The Morgan fingerprint density at radius 3 is 2.84 bits per heavy atom. The second-order valence-electron chi connectivity index (χ2n) is 3.96. The van der Waals surface area contributed by atoms with Crippen molar-refractivity contribution in [2.75, 3.05) is 12.0 Å². The zero-order valence-corrected chi connectivity index (χ0v) is 12.0. The van der Waals surface area contributed by atoms with Crippen molar-refractivity contribution in [1.82, 2.24) is 15.3 Å². The minimum absolute atomic E-state index is 0.0111. The average molecular weight is 296 g/mol. The fourth-order valence-corrected chi connectivity index (χ4v) is 2.08. The SMILES string of the molecule is CSCC(=O)NCc1ncc(-c2ccc(Cl)cc2)[nH]1. The normalized spacial score (nSPS) is 10.4. The monoisotopic (exact) mass is 295 g/mol. The number of hydrogen-bond acceptors (Lipinski definition) is 3. The van der Waals surface area contributed by atoms with Crippen molar-refractivity contribution in [2.45, 2.75) is 6.54 Å². The number of nitrogens with one attached hydrogen (secondary N) is 2. The molecule has 0 saturated heterocycles. The molecule has 0 spiro atoms. The molecule has 1 aromatic heterocycles. The number of carbonyl (C=O) groups excluding carboxylic acids is 1. The molecule has 0 aliphatic rings. The molecule has 6 heteroatoms. The molecule has 4 nitrogen and oxygen atoms in total. The Labute approximate surface area is 121 Å². The van der Waals surface area contributed by atoms with Gasteiger partial charge >= 0.3 is 0 Å². The first kappa shape index (κ1) is 14.0. The lowest BCUT2D eigenvalue weighted by atomic mass is 10.2. The van der Waals surface area contributed by atoms with E-state index in [-0.39, 0.29) is 5.91 Å². The maximum Gasteiger partial charge on any atom is 0.230 e. The van der Waals surface area contributed by atoms with Gasteiger partial charge in [-0.05, 0) is 24.0 Å². The molecule has 1 amide bonds. The zero-order valence-electron chi connectivity index (χ0n) is 10.4. The maximum atomic E-state index is 11.3. The molecule has 19 heavy (non-hydrogen) atoms. The van der Waals surface area contributed by atoms with Gasteiger partial charge in [-0.25, -0.2) is 4.98 Å². The summed E-state index contributed by atoms with van der Waals surface area (Å²) >= 11 is 7.34. The number of imidazole rings is 1. The number of nitrogens with zero attached hydrogens (tertiary/aromatic N) is 1. The molecule has 2 N–H and O–H groups in total. The van der Waals surface area contributed by atoms with Gasteiger partial charge in [-0.1, -0.05) is 23.7 Å². The van der Waals surface area contributed by atoms with Crippen molar-refractivity contribution in [2.24, 2.45) is 0 Å². The molecule has 0 saturated carbocycles. The summed E-state index contributed by atoms with van der Waals surface area (Å²) in [6.45, 7) is 0.410. The number of hydrogen-bond donors (Lipinski definition) is 2. The van der Waals surface area contributed by atoms with Gasteiger partial charge in [0.05, 0.1) is 24.2 Å². The molecular formula is C13H14ClN3OS. The van der Waals surface area contributed by atoms with E-state index in [0.29, 0.717) is 17.3 Å². The van der Waals surface area contributed by atoms with Crippen LogP contribution in [0.2, 0.25) is 5.02 Å². The van der Waals surface area contributed by atoms with Gasteiger partial charge in [0, 0.05) is 5.02 Å². The maximum absolute atomic E-state index is 11.3. The Morgan fingerprint density at radius 2 is 2.16 bits per heavy atom. The van der Waals surface area contributed by atoms with Crippen LogP contribution in [0.5, 0.6) is 0 Å². The molecule has 0 unspecified atom stereocenters. The van der Waals surface area contributed by atoms with Crippen molar-refractivity contribution in [3.8, 4) is 11.3 Å². The molecule has 0 aliphatic carbocycles. The number of amides is 1. The van der Waals surface area contributed by atoms with Crippen molar-refractivity contribution < 1.29 is 4.79 Å². The topological polar surface area (TPSA) is 57.8 Å². The third-order valence-electron chi connectivity index (χ3n) is 2.51. The summed E-state index contributed by atoms with van der Waals surface area (Å²) in [6.07, 6.45) is 3.64. The Balaban J connectivity index is 1.99. The summed E-state index contributed by atoms with van der Waals surface area (Å²) in [7, 11) is 0. The number of halogens is 1. The first-order valence-corrected chi connectivity index (χ1v) is 7.51. The van der Waals surface area contributed by atoms with E-state index < -0.39 is 0 Å². The first-order chi connectivity index (χ1) is 9.19. The number of aromatic nitrogens is 2. The smallest absolute Gasteiger partial charge is 0.230 e. The average Bonchev–Trinajstić information content (AvgIpc) is 2.86. The highest BCUT2D eigenvalue weighted by Gasteiger charge is 2.05. The van der Waals surface area contributed by atoms with E-state index >= 15 is 0 Å². The Kier molecular flexibility index (Phi) is 4.87. The Morgan fingerprint density at radius 1 is 1.42 bits per heavy atom. The van der Waals surface area contributed by atoms with Gasteiger partial charge in [0.2, 0.25) is 5.91 Å². The van der Waals surface area contributed by atoms with Crippen LogP contribution in [0.4, 0.5) is 0 Å². The Hall–Kier alpha value is -1.46. The van der Waals surface area contributed by atoms with E-state index in [0.717, 1.165) is 17.1 Å². The Bertz CT molecular complexity index is 553. The van der Waals surface area contributed by atoms with Crippen LogP contribution in [0.15, 0.2) is 30.5 Å². The van der Waals surface area contributed by atoms with Crippen LogP contribution in [0.25, 0.3) is 11.3 Å². The largest absolute Gasteiger partial charge is 0.348 e. The molecule has 0 aliphatic heterocycles. The zero-order chi connectivity index (χ0) is 13.7. The molecule has 0 radical (unpaired) electrons. The fourth-order valence-electron chi connectivity index (χ4n) is 1.59. The summed E-state index contributed by atoms with van der Waals surface area (Å²) in [5.41, 5.74) is 1.92. The lowest BCUT2D eigenvalue weighted by Gasteiger charge is -2.01. The van der Waals surface area contributed by atoms with Gasteiger partial charge in [0.1, 0.15) is 5.82 Å². The van der Waals surface area contributed by atoms with Gasteiger partial charge in [-0.2, -0.15) is 11.8 Å². The van der Waals surface area contributed by atoms with Gasteiger partial charge in [0.25, 0.3) is 0 Å². The van der Waals surface area contributed by atoms with Gasteiger partial charge in [-0.3, -0.25) is 4.79 Å². The highest BCUT2D eigenvalue weighted by atomic mass is 35.5. The van der Waals surface area contributed by atoms with Crippen LogP contribution >= 0.6 is 23.4 Å². The highest BCUT2D eigenvalue weighted by Crippen LogP contribution is 2.19. The summed E-state index contributed by atoms with van der Waals surface area (Å²) in [4.78, 5) is 18.8. The standard InChI is InChI=1S/C13H14ClN3OS/c1-19-8-13(18)16-7-12-15-6-11(17-12)9-2-4-10(14)5-3-9/h2-6H,7-8H2,1H3,(H,15,17)(H,16,18). The second-order valence-corrected chi connectivity index (χ2v) is 5.26. The minimum Gasteiger partial charge on any atom is -0.348 e. The summed E-state index contributed by atoms with van der Waals surface area (Å²) in [5.74, 6) is 1.21. The third kappa shape index (κ3) is 4.01. The highest BCUT2D eigenvalue weighted by molar-refractivity contribution is 7.99. The van der Waals surface area contributed by atoms with Crippen LogP contribution < -0.4 is 5.32 Å². The van der Waals surface area contributed by atoms with Crippen molar-refractivity contribution in [3.05, 3.63) is 41.3 Å². The number of carbonyl (C=O) groups is 1. The van der Waals surface area contributed by atoms with Gasteiger partial charge in [0.15, 0.2) is 0 Å². The molecule has 0 fully saturated rings. The van der Waals surface area contributed by atoms with Crippen LogP contribution in [-0.4, -0.2) is 27.9 Å². The molecule has 100 valence electrons. The molecule has 2 aromatic rings. The van der Waals surface area contributed by atoms with Crippen molar-refractivity contribution >= 4 is 29.3 Å². The van der Waals surface area contributed by atoms with E-state index in [1.165, 1.54) is 11.8 Å². The van der Waals surface area contributed by atoms with Crippen LogP contribution in [-0.2, 0) is 11.3 Å². The van der Waals surface area contributed by atoms with Gasteiger partial charge < -0.3 is 10.3 Å². The van der Waals surface area contributed by atoms with E-state index in [2.05, 4.69) is 15.3 Å². The lowest BCUT2D eigenvalue weighted by molar-refractivity contribution is -0.118. The van der Waals surface area contributed by atoms with Crippen molar-refractivity contribution in [1.29, 1.82) is 0 Å². The molecule has 1 heterocycles. The minimum atomic E-state index is 0.0111. The van der Waals surface area contributed by atoms with Crippen LogP contribution in [0.1, 0.15) is 5.82 Å². The molecule has 0 atom stereocenters. The van der Waals surface area contributed by atoms with Gasteiger partial charge in [-0.15, -0.1) is 0 Å². The molecular weight excluding hydrogens is 282 g/mol. The predicted molar refractivity (Wildman–Crippen MR) is 79.3 cm³/mol. The number of aromatic amines is 1. The molecule has 2 rings (SSSR count). The first-order valence-electron chi connectivity index (χ1n) is 5.74. The predicted octanol–water partition coefficient (Wildman–Crippen LogP) is 2.71. The van der Waals surface area contributed by atoms with Crippen LogP contribution in [0.3, 0.4) is 0 Å². The summed E-state index contributed by atoms with van der Waals surface area (Å²) in [6, 6.07) is 7.51.